The highest BCUT2D eigenvalue weighted by molar-refractivity contribution is 7.89. The number of hydrogen-bond acceptors (Lipinski definition) is 7. The average Bonchev–Trinajstić information content (AvgIpc) is 2.65. The second-order valence-electron chi connectivity index (χ2n) is 7.11. The lowest BCUT2D eigenvalue weighted by Gasteiger charge is -2.41. The fraction of sp³-hybridized carbons (Fsp3) is 0.647. The van der Waals surface area contributed by atoms with Crippen LogP contribution in [0.2, 0.25) is 0 Å². The lowest BCUT2D eigenvalue weighted by molar-refractivity contribution is 0.132. The first-order chi connectivity index (χ1) is 13.2. The second kappa shape index (κ2) is 8.15. The van der Waals surface area contributed by atoms with Gasteiger partial charge in [0.25, 0.3) is 0 Å². The molecule has 2 aliphatic rings. The number of fused-ring (bicyclic) bond motifs is 1. The van der Waals surface area contributed by atoms with Gasteiger partial charge in [-0.05, 0) is 31.4 Å². The van der Waals surface area contributed by atoms with Crippen LogP contribution in [0, 0.1) is 0 Å². The van der Waals surface area contributed by atoms with Crippen LogP contribution in [0.15, 0.2) is 23.1 Å². The van der Waals surface area contributed by atoms with E-state index < -0.39 is 25.6 Å². The maximum Gasteiger partial charge on any atom is 0.243 e. The first-order valence-corrected chi connectivity index (χ1v) is 12.4. The molecule has 0 radical (unpaired) electrons. The minimum absolute atomic E-state index is 0.136. The fourth-order valence-electron chi connectivity index (χ4n) is 3.58. The van der Waals surface area contributed by atoms with Crippen LogP contribution in [-0.4, -0.2) is 73.0 Å². The van der Waals surface area contributed by atoms with E-state index in [2.05, 4.69) is 4.72 Å². The normalized spacial score (nSPS) is 20.1. The molecule has 3 rings (SSSR count). The highest BCUT2D eigenvalue weighted by atomic mass is 32.2. The molecule has 1 aromatic carbocycles. The van der Waals surface area contributed by atoms with Gasteiger partial charge < -0.3 is 14.2 Å². The van der Waals surface area contributed by atoms with Gasteiger partial charge in [-0.3, -0.25) is 0 Å². The Morgan fingerprint density at radius 3 is 2.36 bits per heavy atom. The Balaban J connectivity index is 1.77. The topological polar surface area (TPSA) is 111 Å². The van der Waals surface area contributed by atoms with Crippen molar-refractivity contribution >= 4 is 20.0 Å². The molecule has 0 atom stereocenters. The Morgan fingerprint density at radius 2 is 1.75 bits per heavy atom. The highest BCUT2D eigenvalue weighted by Gasteiger charge is 2.40. The SMILES string of the molecule is COCCC1(NS(C)(=O)=O)CCN(S(=O)(=O)c2ccc3c(c2)OCCO3)CC1. The summed E-state index contributed by atoms with van der Waals surface area (Å²) >= 11 is 0. The molecule has 2 aliphatic heterocycles. The van der Waals surface area contributed by atoms with Gasteiger partial charge in [0.15, 0.2) is 11.5 Å². The van der Waals surface area contributed by atoms with Crippen molar-refractivity contribution in [3.05, 3.63) is 18.2 Å². The summed E-state index contributed by atoms with van der Waals surface area (Å²) in [5.74, 6) is 0.942. The van der Waals surface area contributed by atoms with Crippen LogP contribution in [0.25, 0.3) is 0 Å². The van der Waals surface area contributed by atoms with Crippen molar-refractivity contribution in [3.63, 3.8) is 0 Å². The highest BCUT2D eigenvalue weighted by Crippen LogP contribution is 2.35. The van der Waals surface area contributed by atoms with E-state index in [1.165, 1.54) is 16.4 Å². The van der Waals surface area contributed by atoms with Gasteiger partial charge in [0, 0.05) is 38.4 Å². The van der Waals surface area contributed by atoms with E-state index in [1.807, 2.05) is 0 Å². The molecule has 158 valence electrons. The molecule has 2 heterocycles. The van der Waals surface area contributed by atoms with E-state index >= 15 is 0 Å². The summed E-state index contributed by atoms with van der Waals surface area (Å²) in [7, 11) is -5.60. The summed E-state index contributed by atoms with van der Waals surface area (Å²) in [4.78, 5) is 0.136. The maximum absolute atomic E-state index is 13.0. The number of sulfonamides is 2. The Bertz CT molecular complexity index is 907. The minimum atomic E-state index is -3.72. The smallest absolute Gasteiger partial charge is 0.243 e. The number of ether oxygens (including phenoxy) is 3. The first-order valence-electron chi connectivity index (χ1n) is 9.03. The lowest BCUT2D eigenvalue weighted by Crippen LogP contribution is -2.56. The van der Waals surface area contributed by atoms with Crippen molar-refractivity contribution in [3.8, 4) is 11.5 Å². The molecular formula is C17H26N2O7S2. The van der Waals surface area contributed by atoms with Crippen molar-refractivity contribution in [1.29, 1.82) is 0 Å². The lowest BCUT2D eigenvalue weighted by atomic mass is 9.86. The Labute approximate surface area is 166 Å². The quantitative estimate of drug-likeness (QED) is 0.668. The third-order valence-electron chi connectivity index (χ3n) is 5.02. The van der Waals surface area contributed by atoms with Gasteiger partial charge in [-0.15, -0.1) is 0 Å². The van der Waals surface area contributed by atoms with Gasteiger partial charge in [-0.2, -0.15) is 4.31 Å². The number of hydrogen-bond donors (Lipinski definition) is 1. The van der Waals surface area contributed by atoms with Crippen LogP contribution in [-0.2, 0) is 24.8 Å². The van der Waals surface area contributed by atoms with Gasteiger partial charge in [-0.25, -0.2) is 21.6 Å². The Morgan fingerprint density at radius 1 is 1.11 bits per heavy atom. The predicted octanol–water partition coefficient (Wildman–Crippen LogP) is 0.567. The molecule has 1 fully saturated rings. The second-order valence-corrected chi connectivity index (χ2v) is 10.8. The Hall–Kier alpha value is -1.40. The number of rotatable bonds is 7. The van der Waals surface area contributed by atoms with Crippen molar-refractivity contribution in [2.24, 2.45) is 0 Å². The largest absolute Gasteiger partial charge is 0.486 e. The van der Waals surface area contributed by atoms with E-state index in [0.29, 0.717) is 50.6 Å². The van der Waals surface area contributed by atoms with Crippen LogP contribution in [0.3, 0.4) is 0 Å². The van der Waals surface area contributed by atoms with Crippen LogP contribution in [0.1, 0.15) is 19.3 Å². The molecule has 0 unspecified atom stereocenters. The average molecular weight is 435 g/mol. The summed E-state index contributed by atoms with van der Waals surface area (Å²) < 4.78 is 69.8. The van der Waals surface area contributed by atoms with E-state index in [1.54, 1.807) is 13.2 Å². The van der Waals surface area contributed by atoms with E-state index in [-0.39, 0.29) is 18.0 Å². The maximum atomic E-state index is 13.0. The predicted molar refractivity (Wildman–Crippen MR) is 103 cm³/mol. The summed E-state index contributed by atoms with van der Waals surface area (Å²) in [6.45, 7) is 1.62. The number of methoxy groups -OCH3 is 1. The van der Waals surface area contributed by atoms with E-state index in [4.69, 9.17) is 14.2 Å². The molecule has 1 aromatic rings. The molecule has 0 saturated carbocycles. The fourth-order valence-corrected chi connectivity index (χ4v) is 6.13. The molecule has 9 nitrogen and oxygen atoms in total. The number of nitrogens with zero attached hydrogens (tertiary/aromatic N) is 1. The summed E-state index contributed by atoms with van der Waals surface area (Å²) in [6, 6.07) is 4.58. The molecule has 0 aromatic heterocycles. The first kappa shape index (κ1) is 21.3. The number of nitrogens with one attached hydrogen (secondary N) is 1. The van der Waals surface area contributed by atoms with Crippen LogP contribution >= 0.6 is 0 Å². The zero-order valence-corrected chi connectivity index (χ0v) is 17.6. The van der Waals surface area contributed by atoms with Gasteiger partial charge in [0.05, 0.1) is 11.2 Å². The molecule has 0 amide bonds. The van der Waals surface area contributed by atoms with E-state index in [0.717, 1.165) is 6.26 Å². The molecule has 1 saturated heterocycles. The van der Waals surface area contributed by atoms with Crippen LogP contribution in [0.4, 0.5) is 0 Å². The Kier molecular flexibility index (Phi) is 6.20. The standard InChI is InChI=1S/C17H26N2O7S2/c1-24-10-7-17(18-27(2,20)21)5-8-19(9-6-17)28(22,23)14-3-4-15-16(13-14)26-12-11-25-15/h3-4,13,18H,5-12H2,1-2H3. The zero-order chi connectivity index (χ0) is 20.4. The monoisotopic (exact) mass is 434 g/mol. The van der Waals surface area contributed by atoms with Gasteiger partial charge in [0.1, 0.15) is 13.2 Å². The molecule has 0 spiro atoms. The van der Waals surface area contributed by atoms with Crippen LogP contribution < -0.4 is 14.2 Å². The third-order valence-corrected chi connectivity index (χ3v) is 7.72. The summed E-state index contributed by atoms with van der Waals surface area (Å²) in [6.07, 6.45) is 2.33. The molecule has 28 heavy (non-hydrogen) atoms. The molecule has 0 bridgehead atoms. The van der Waals surface area contributed by atoms with Crippen molar-refractivity contribution < 1.29 is 31.0 Å². The zero-order valence-electron chi connectivity index (χ0n) is 16.0. The minimum Gasteiger partial charge on any atom is -0.486 e. The molecular weight excluding hydrogens is 408 g/mol. The number of benzene rings is 1. The molecule has 11 heteroatoms. The third kappa shape index (κ3) is 4.77. The summed E-state index contributed by atoms with van der Waals surface area (Å²) in [5, 5.41) is 0. The van der Waals surface area contributed by atoms with Crippen LogP contribution in [0.5, 0.6) is 11.5 Å². The van der Waals surface area contributed by atoms with E-state index in [9.17, 15) is 16.8 Å². The molecule has 1 N–H and O–H groups in total. The van der Waals surface area contributed by atoms with Crippen molar-refractivity contribution in [2.75, 3.05) is 46.3 Å². The van der Waals surface area contributed by atoms with Gasteiger partial charge in [0.2, 0.25) is 20.0 Å². The van der Waals surface area contributed by atoms with Crippen molar-refractivity contribution in [2.45, 2.75) is 29.7 Å². The molecule has 0 aliphatic carbocycles. The van der Waals surface area contributed by atoms with Gasteiger partial charge in [-0.1, -0.05) is 0 Å². The van der Waals surface area contributed by atoms with Gasteiger partial charge >= 0.3 is 0 Å². The summed E-state index contributed by atoms with van der Waals surface area (Å²) in [5.41, 5.74) is -0.706. The van der Waals surface area contributed by atoms with Crippen molar-refractivity contribution in [1.82, 2.24) is 9.03 Å². The number of piperidine rings is 1.